The average molecular weight is 321 g/mol. The van der Waals surface area contributed by atoms with Crippen molar-refractivity contribution in [2.45, 2.75) is 38.7 Å². The van der Waals surface area contributed by atoms with Crippen LogP contribution >= 0.6 is 0 Å². The molecule has 0 unspecified atom stereocenters. The highest BCUT2D eigenvalue weighted by Gasteiger charge is 2.24. The summed E-state index contributed by atoms with van der Waals surface area (Å²) < 4.78 is 27.1. The molecule has 0 saturated heterocycles. The Hall–Kier alpha value is -2.51. The molecule has 1 aliphatic heterocycles. The van der Waals surface area contributed by atoms with Gasteiger partial charge in [0.1, 0.15) is 11.4 Å². The molecule has 2 bridgehead atoms. The molecule has 0 aliphatic carbocycles. The maximum atomic E-state index is 13.3. The maximum Gasteiger partial charge on any atom is 0.333 e. The quantitative estimate of drug-likeness (QED) is 0.845. The Bertz CT molecular complexity index is 729. The number of amides is 1. The molecule has 2 aromatic heterocycles. The third-order valence-corrected chi connectivity index (χ3v) is 3.81. The number of nitrogens with one attached hydrogen (secondary N) is 1. The fourth-order valence-corrected chi connectivity index (χ4v) is 2.73. The van der Waals surface area contributed by atoms with Gasteiger partial charge in [-0.05, 0) is 31.4 Å². The fraction of sp³-hybridized carbons (Fsp3) is 0.400. The number of pyridine rings is 1. The molecule has 1 aliphatic rings. The Morgan fingerprint density at radius 1 is 1.26 bits per heavy atom. The molecule has 1 amide bonds. The Labute approximate surface area is 131 Å². The van der Waals surface area contributed by atoms with Gasteiger partial charge in [0, 0.05) is 23.9 Å². The van der Waals surface area contributed by atoms with Gasteiger partial charge in [-0.25, -0.2) is 0 Å². The SMILES string of the molecule is Nc1nn(C(F)F)c2c1NC(=O)CCCCCc1cc-2ccn1. The number of aromatic nitrogens is 3. The van der Waals surface area contributed by atoms with Crippen LogP contribution in [0.2, 0.25) is 0 Å². The molecule has 0 aromatic carbocycles. The van der Waals surface area contributed by atoms with Crippen LogP contribution in [0, 0.1) is 0 Å². The van der Waals surface area contributed by atoms with Gasteiger partial charge in [-0.3, -0.25) is 9.78 Å². The second kappa shape index (κ2) is 6.31. The van der Waals surface area contributed by atoms with E-state index in [4.69, 9.17) is 5.73 Å². The van der Waals surface area contributed by atoms with E-state index in [9.17, 15) is 13.6 Å². The minimum Gasteiger partial charge on any atom is -0.380 e. The lowest BCUT2D eigenvalue weighted by molar-refractivity contribution is -0.116. The number of fused-ring (bicyclic) bond motifs is 4. The molecule has 0 spiro atoms. The predicted octanol–water partition coefficient (Wildman–Crippen LogP) is 2.98. The van der Waals surface area contributed by atoms with Crippen molar-refractivity contribution in [3.8, 4) is 11.3 Å². The summed E-state index contributed by atoms with van der Waals surface area (Å²) in [4.78, 5) is 16.3. The number of aryl methyl sites for hydroxylation is 1. The fourth-order valence-electron chi connectivity index (χ4n) is 2.73. The van der Waals surface area contributed by atoms with Gasteiger partial charge in [-0.1, -0.05) is 6.42 Å². The van der Waals surface area contributed by atoms with Crippen molar-refractivity contribution in [3.05, 3.63) is 24.0 Å². The van der Waals surface area contributed by atoms with Gasteiger partial charge >= 0.3 is 6.55 Å². The highest BCUT2D eigenvalue weighted by atomic mass is 19.3. The van der Waals surface area contributed by atoms with E-state index in [0.29, 0.717) is 16.7 Å². The lowest BCUT2D eigenvalue weighted by atomic mass is 10.1. The van der Waals surface area contributed by atoms with Crippen LogP contribution in [0.1, 0.15) is 37.9 Å². The van der Waals surface area contributed by atoms with Crippen molar-refractivity contribution < 1.29 is 13.6 Å². The van der Waals surface area contributed by atoms with Crippen molar-refractivity contribution in [1.82, 2.24) is 14.8 Å². The van der Waals surface area contributed by atoms with E-state index in [1.807, 2.05) is 0 Å². The topological polar surface area (TPSA) is 85.8 Å². The number of carbonyl (C=O) groups excluding carboxylic acids is 1. The summed E-state index contributed by atoms with van der Waals surface area (Å²) >= 11 is 0. The Balaban J connectivity index is 2.17. The Kier molecular flexibility index (Phi) is 4.22. The van der Waals surface area contributed by atoms with E-state index in [-0.39, 0.29) is 23.1 Å². The first-order valence-electron chi connectivity index (χ1n) is 7.47. The molecule has 23 heavy (non-hydrogen) atoms. The molecule has 3 rings (SSSR count). The number of hydrogen-bond donors (Lipinski definition) is 2. The van der Waals surface area contributed by atoms with E-state index in [0.717, 1.165) is 31.4 Å². The summed E-state index contributed by atoms with van der Waals surface area (Å²) in [6, 6.07) is 3.35. The largest absolute Gasteiger partial charge is 0.380 e. The van der Waals surface area contributed by atoms with Crippen LogP contribution in [0.15, 0.2) is 18.3 Å². The molecule has 3 N–H and O–H groups in total. The minimum atomic E-state index is -2.86. The number of anilines is 2. The third-order valence-electron chi connectivity index (χ3n) is 3.81. The molecule has 122 valence electrons. The number of alkyl halides is 2. The minimum absolute atomic E-state index is 0.107. The van der Waals surface area contributed by atoms with Crippen molar-refractivity contribution in [2.75, 3.05) is 11.1 Å². The van der Waals surface area contributed by atoms with E-state index in [2.05, 4.69) is 15.4 Å². The number of nitrogens with two attached hydrogens (primary N) is 1. The van der Waals surface area contributed by atoms with E-state index < -0.39 is 6.55 Å². The summed E-state index contributed by atoms with van der Waals surface area (Å²) in [7, 11) is 0. The van der Waals surface area contributed by atoms with Gasteiger partial charge < -0.3 is 11.1 Å². The zero-order valence-electron chi connectivity index (χ0n) is 12.4. The van der Waals surface area contributed by atoms with Crippen molar-refractivity contribution in [3.63, 3.8) is 0 Å². The van der Waals surface area contributed by atoms with Gasteiger partial charge in [0.25, 0.3) is 0 Å². The predicted molar refractivity (Wildman–Crippen MR) is 81.9 cm³/mol. The molecule has 2 aromatic rings. The van der Waals surface area contributed by atoms with Gasteiger partial charge in [-0.2, -0.15) is 13.5 Å². The average Bonchev–Trinajstić information content (AvgIpc) is 2.83. The van der Waals surface area contributed by atoms with Crippen LogP contribution in [0.25, 0.3) is 11.3 Å². The summed E-state index contributed by atoms with van der Waals surface area (Å²) in [6.45, 7) is -2.86. The Morgan fingerprint density at radius 3 is 2.83 bits per heavy atom. The van der Waals surface area contributed by atoms with Crippen LogP contribution < -0.4 is 11.1 Å². The van der Waals surface area contributed by atoms with Crippen LogP contribution in [-0.4, -0.2) is 20.7 Å². The van der Waals surface area contributed by atoms with Crippen molar-refractivity contribution in [1.29, 1.82) is 0 Å². The smallest absolute Gasteiger partial charge is 0.333 e. The summed E-state index contributed by atoms with van der Waals surface area (Å²) in [5.74, 6) is -0.370. The van der Waals surface area contributed by atoms with Crippen molar-refractivity contribution in [2.24, 2.45) is 0 Å². The van der Waals surface area contributed by atoms with E-state index in [1.165, 1.54) is 0 Å². The Morgan fingerprint density at radius 2 is 2.04 bits per heavy atom. The standard InChI is InChI=1S/C15H17F2N5O/c16-15(17)22-13-9-6-7-19-10(8-9)4-2-1-3-5-11(23)20-12(13)14(18)21-22/h6-8,15H,1-5H2,(H2,18,21)(H,20,23). The highest BCUT2D eigenvalue weighted by Crippen LogP contribution is 2.36. The molecule has 0 radical (unpaired) electrons. The number of nitrogen functional groups attached to an aromatic ring is 1. The maximum absolute atomic E-state index is 13.3. The van der Waals surface area contributed by atoms with E-state index in [1.54, 1.807) is 18.3 Å². The lowest BCUT2D eigenvalue weighted by Crippen LogP contribution is -2.13. The summed E-state index contributed by atoms with van der Waals surface area (Å²) in [6.07, 6.45) is 5.15. The van der Waals surface area contributed by atoms with E-state index >= 15 is 0 Å². The number of nitrogens with zero attached hydrogens (tertiary/aromatic N) is 3. The highest BCUT2D eigenvalue weighted by molar-refractivity contribution is 5.98. The summed E-state index contributed by atoms with van der Waals surface area (Å²) in [5, 5.41) is 6.31. The van der Waals surface area contributed by atoms with Crippen molar-refractivity contribution >= 4 is 17.4 Å². The summed E-state index contributed by atoms with van der Waals surface area (Å²) in [5.41, 5.74) is 7.32. The molecule has 0 atom stereocenters. The number of halogens is 2. The first-order chi connectivity index (χ1) is 11.1. The monoisotopic (exact) mass is 321 g/mol. The molecular weight excluding hydrogens is 304 g/mol. The van der Waals surface area contributed by atoms with Crippen LogP contribution in [0.3, 0.4) is 0 Å². The number of hydrogen-bond acceptors (Lipinski definition) is 4. The van der Waals surface area contributed by atoms with Gasteiger partial charge in [-0.15, -0.1) is 5.10 Å². The third kappa shape index (κ3) is 3.15. The second-order valence-electron chi connectivity index (χ2n) is 5.48. The molecule has 3 heterocycles. The first-order valence-corrected chi connectivity index (χ1v) is 7.47. The number of carbonyl (C=O) groups is 1. The van der Waals surface area contributed by atoms with Crippen LogP contribution in [-0.2, 0) is 11.2 Å². The molecule has 8 heteroatoms. The number of rotatable bonds is 1. The van der Waals surface area contributed by atoms with Crippen LogP contribution in [0.5, 0.6) is 0 Å². The zero-order valence-corrected chi connectivity index (χ0v) is 12.4. The normalized spacial score (nSPS) is 15.5. The van der Waals surface area contributed by atoms with Gasteiger partial charge in [0.2, 0.25) is 5.91 Å². The van der Waals surface area contributed by atoms with Crippen LogP contribution in [0.4, 0.5) is 20.3 Å². The van der Waals surface area contributed by atoms with Gasteiger partial charge in [0.05, 0.1) is 0 Å². The molecule has 6 nitrogen and oxygen atoms in total. The molecular formula is C15H17F2N5O. The molecule has 0 saturated carbocycles. The first kappa shape index (κ1) is 15.4. The zero-order chi connectivity index (χ0) is 16.4. The molecule has 0 fully saturated rings. The lowest BCUT2D eigenvalue weighted by Gasteiger charge is -2.12. The van der Waals surface area contributed by atoms with Gasteiger partial charge in [0.15, 0.2) is 5.82 Å². The second-order valence-corrected chi connectivity index (χ2v) is 5.48.